The van der Waals surface area contributed by atoms with Gasteiger partial charge in [-0.1, -0.05) is 12.8 Å². The summed E-state index contributed by atoms with van der Waals surface area (Å²) in [5, 5.41) is 3.09. The summed E-state index contributed by atoms with van der Waals surface area (Å²) in [5.41, 5.74) is 0.680. The Labute approximate surface area is 142 Å². The molecule has 1 aromatic carbocycles. The van der Waals surface area contributed by atoms with Crippen LogP contribution in [0.2, 0.25) is 0 Å². The number of carbonyl (C=O) groups excluding carboxylic acids is 2. The van der Waals surface area contributed by atoms with Gasteiger partial charge in [-0.2, -0.15) is 0 Å². The topological polar surface area (TPSA) is 67.9 Å². The van der Waals surface area contributed by atoms with E-state index in [1.807, 2.05) is 0 Å². The van der Waals surface area contributed by atoms with Crippen molar-refractivity contribution in [1.82, 2.24) is 5.32 Å². The molecule has 3 rings (SSSR count). The summed E-state index contributed by atoms with van der Waals surface area (Å²) < 4.78 is 10.6. The fourth-order valence-electron chi connectivity index (χ4n) is 3.51. The van der Waals surface area contributed by atoms with E-state index >= 15 is 0 Å². The molecule has 1 saturated carbocycles. The maximum Gasteiger partial charge on any atom is 0.227 e. The highest BCUT2D eigenvalue weighted by atomic mass is 16.5. The van der Waals surface area contributed by atoms with Crippen molar-refractivity contribution in [2.24, 2.45) is 5.92 Å². The number of ether oxygens (including phenoxy) is 2. The molecule has 1 aromatic rings. The van der Waals surface area contributed by atoms with Gasteiger partial charge in [0.15, 0.2) is 0 Å². The molecule has 1 atom stereocenters. The predicted molar refractivity (Wildman–Crippen MR) is 90.4 cm³/mol. The highest BCUT2D eigenvalue weighted by Gasteiger charge is 2.37. The number of benzene rings is 1. The van der Waals surface area contributed by atoms with Crippen molar-refractivity contribution < 1.29 is 19.1 Å². The van der Waals surface area contributed by atoms with Gasteiger partial charge in [-0.15, -0.1) is 0 Å². The first-order valence-corrected chi connectivity index (χ1v) is 8.45. The lowest BCUT2D eigenvalue weighted by atomic mass is 10.1. The summed E-state index contributed by atoms with van der Waals surface area (Å²) in [5.74, 6) is 0.873. The van der Waals surface area contributed by atoms with Crippen molar-refractivity contribution in [3.8, 4) is 11.5 Å². The Bertz CT molecular complexity index is 625. The third kappa shape index (κ3) is 3.32. The van der Waals surface area contributed by atoms with Gasteiger partial charge in [0.25, 0.3) is 0 Å². The molecular weight excluding hydrogens is 308 g/mol. The van der Waals surface area contributed by atoms with Crippen molar-refractivity contribution in [2.75, 3.05) is 25.7 Å². The quantitative estimate of drug-likeness (QED) is 0.897. The maximum atomic E-state index is 12.4. The van der Waals surface area contributed by atoms with Gasteiger partial charge in [0, 0.05) is 25.1 Å². The average Bonchev–Trinajstić information content (AvgIpc) is 3.23. The van der Waals surface area contributed by atoms with Crippen LogP contribution in [0.15, 0.2) is 18.2 Å². The molecule has 2 fully saturated rings. The first-order chi connectivity index (χ1) is 11.6. The second kappa shape index (κ2) is 7.11. The molecule has 0 aromatic heterocycles. The molecule has 2 amide bonds. The highest BCUT2D eigenvalue weighted by molar-refractivity contribution is 6.01. The number of hydrogen-bond acceptors (Lipinski definition) is 4. The number of rotatable bonds is 5. The van der Waals surface area contributed by atoms with Crippen LogP contribution < -0.4 is 19.7 Å². The van der Waals surface area contributed by atoms with Gasteiger partial charge in [-0.3, -0.25) is 9.59 Å². The zero-order valence-corrected chi connectivity index (χ0v) is 14.2. The van der Waals surface area contributed by atoms with Gasteiger partial charge in [-0.25, -0.2) is 0 Å². The maximum absolute atomic E-state index is 12.4. The summed E-state index contributed by atoms with van der Waals surface area (Å²) in [4.78, 5) is 26.5. The number of nitrogens with one attached hydrogen (secondary N) is 1. The Kier molecular flexibility index (Phi) is 4.92. The van der Waals surface area contributed by atoms with E-state index in [4.69, 9.17) is 9.47 Å². The molecule has 0 radical (unpaired) electrons. The Morgan fingerprint density at radius 3 is 2.62 bits per heavy atom. The molecule has 6 heteroatoms. The van der Waals surface area contributed by atoms with Gasteiger partial charge in [0.2, 0.25) is 11.8 Å². The van der Waals surface area contributed by atoms with Crippen molar-refractivity contribution in [3.05, 3.63) is 18.2 Å². The van der Waals surface area contributed by atoms with Crippen LogP contribution in [0.4, 0.5) is 5.69 Å². The summed E-state index contributed by atoms with van der Waals surface area (Å²) in [6.07, 6.45) is 4.67. The van der Waals surface area contributed by atoms with Gasteiger partial charge >= 0.3 is 0 Å². The largest absolute Gasteiger partial charge is 0.497 e. The fraction of sp³-hybridized carbons (Fsp3) is 0.556. The molecule has 1 heterocycles. The lowest BCUT2D eigenvalue weighted by molar-refractivity contribution is -0.126. The van der Waals surface area contributed by atoms with Crippen LogP contribution in [0.5, 0.6) is 11.5 Å². The molecule has 1 aliphatic heterocycles. The Morgan fingerprint density at radius 2 is 1.96 bits per heavy atom. The van der Waals surface area contributed by atoms with Crippen molar-refractivity contribution >= 4 is 17.5 Å². The van der Waals surface area contributed by atoms with Gasteiger partial charge in [0.05, 0.1) is 25.8 Å². The van der Waals surface area contributed by atoms with Crippen molar-refractivity contribution in [2.45, 2.75) is 38.1 Å². The molecule has 1 aliphatic carbocycles. The van der Waals surface area contributed by atoms with Gasteiger partial charge < -0.3 is 19.7 Å². The van der Waals surface area contributed by atoms with Crippen LogP contribution in [0.3, 0.4) is 0 Å². The normalized spacial score (nSPS) is 21.2. The average molecular weight is 332 g/mol. The number of amides is 2. The molecule has 0 unspecified atom stereocenters. The molecule has 0 spiro atoms. The molecule has 1 saturated heterocycles. The smallest absolute Gasteiger partial charge is 0.227 e. The van der Waals surface area contributed by atoms with Crippen molar-refractivity contribution in [3.63, 3.8) is 0 Å². The number of nitrogens with zero attached hydrogens (tertiary/aromatic N) is 1. The van der Waals surface area contributed by atoms with Crippen LogP contribution in [0.1, 0.15) is 32.1 Å². The number of hydrogen-bond donors (Lipinski definition) is 1. The molecule has 2 aliphatic rings. The molecule has 130 valence electrons. The standard InChI is InChI=1S/C18H24N2O4/c1-23-14-7-8-15(16(10-14)24-2)20-11-12(9-17(20)21)18(22)19-13-5-3-4-6-13/h7-8,10,12-13H,3-6,9,11H2,1-2H3,(H,19,22)/t12-/m0/s1. The minimum atomic E-state index is -0.301. The van der Waals surface area contributed by atoms with E-state index < -0.39 is 0 Å². The van der Waals surface area contributed by atoms with E-state index in [0.717, 1.165) is 12.8 Å². The minimum Gasteiger partial charge on any atom is -0.497 e. The van der Waals surface area contributed by atoms with E-state index in [2.05, 4.69) is 5.32 Å². The van der Waals surface area contributed by atoms with Crippen LogP contribution in [0.25, 0.3) is 0 Å². The Morgan fingerprint density at radius 1 is 1.21 bits per heavy atom. The van der Waals surface area contributed by atoms with E-state index in [0.29, 0.717) is 23.7 Å². The third-order valence-corrected chi connectivity index (χ3v) is 4.88. The van der Waals surface area contributed by atoms with E-state index in [1.54, 1.807) is 37.3 Å². The Hall–Kier alpha value is -2.24. The van der Waals surface area contributed by atoms with Crippen LogP contribution in [0, 0.1) is 5.92 Å². The number of anilines is 1. The lowest BCUT2D eigenvalue weighted by Crippen LogP contribution is -2.38. The minimum absolute atomic E-state index is 0.00905. The monoisotopic (exact) mass is 332 g/mol. The summed E-state index contributed by atoms with van der Waals surface area (Å²) in [7, 11) is 3.14. The molecule has 6 nitrogen and oxygen atoms in total. The van der Waals surface area contributed by atoms with Crippen LogP contribution in [-0.2, 0) is 9.59 Å². The first kappa shape index (κ1) is 16.6. The second-order valence-corrected chi connectivity index (χ2v) is 6.43. The van der Waals surface area contributed by atoms with Crippen LogP contribution in [-0.4, -0.2) is 38.6 Å². The summed E-state index contributed by atoms with van der Waals surface area (Å²) in [6, 6.07) is 5.61. The van der Waals surface area contributed by atoms with E-state index in [-0.39, 0.29) is 30.2 Å². The predicted octanol–water partition coefficient (Wildman–Crippen LogP) is 2.12. The number of methoxy groups -OCH3 is 2. The van der Waals surface area contributed by atoms with Crippen molar-refractivity contribution in [1.29, 1.82) is 0 Å². The summed E-state index contributed by atoms with van der Waals surface area (Å²) in [6.45, 7) is 0.389. The second-order valence-electron chi connectivity index (χ2n) is 6.43. The molecule has 24 heavy (non-hydrogen) atoms. The van der Waals surface area contributed by atoms with E-state index in [9.17, 15) is 9.59 Å². The highest BCUT2D eigenvalue weighted by Crippen LogP contribution is 2.35. The SMILES string of the molecule is COc1ccc(N2C[C@@H](C(=O)NC3CCCC3)CC2=O)c(OC)c1. The van der Waals surface area contributed by atoms with Gasteiger partial charge in [0.1, 0.15) is 11.5 Å². The first-order valence-electron chi connectivity index (χ1n) is 8.45. The zero-order chi connectivity index (χ0) is 17.1. The Balaban J connectivity index is 1.71. The fourth-order valence-corrected chi connectivity index (χ4v) is 3.51. The van der Waals surface area contributed by atoms with Crippen LogP contribution >= 0.6 is 0 Å². The molecule has 1 N–H and O–H groups in total. The summed E-state index contributed by atoms with van der Waals surface area (Å²) >= 11 is 0. The van der Waals surface area contributed by atoms with Gasteiger partial charge in [-0.05, 0) is 25.0 Å². The lowest BCUT2D eigenvalue weighted by Gasteiger charge is -2.20. The molecular formula is C18H24N2O4. The number of carbonyl (C=O) groups is 2. The molecule has 0 bridgehead atoms. The van der Waals surface area contributed by atoms with E-state index in [1.165, 1.54) is 12.8 Å². The zero-order valence-electron chi connectivity index (χ0n) is 14.2. The third-order valence-electron chi connectivity index (χ3n) is 4.88.